The Kier molecular flexibility index (Phi) is 7.11. The molecule has 0 spiro atoms. The summed E-state index contributed by atoms with van der Waals surface area (Å²) in [5.41, 5.74) is 3.82. The zero-order chi connectivity index (χ0) is 22.0. The fraction of sp³-hybridized carbons (Fsp3) is 0.111. The van der Waals surface area contributed by atoms with Crippen molar-refractivity contribution in [2.24, 2.45) is 0 Å². The smallest absolute Gasteiger partial charge is 0.276 e. The Morgan fingerprint density at radius 2 is 1.31 bits per heavy atom. The van der Waals surface area contributed by atoms with Crippen LogP contribution in [0.25, 0.3) is 12.2 Å². The molecule has 5 heteroatoms. The molecule has 4 aromatic rings. The van der Waals surface area contributed by atoms with Crippen LogP contribution in [0.3, 0.4) is 0 Å². The van der Waals surface area contributed by atoms with Gasteiger partial charge < -0.3 is 14.2 Å². The van der Waals surface area contributed by atoms with Crippen molar-refractivity contribution < 1.29 is 14.2 Å². The highest BCUT2D eigenvalue weighted by molar-refractivity contribution is 5.68. The Morgan fingerprint density at radius 3 is 1.94 bits per heavy atom. The summed E-state index contributed by atoms with van der Waals surface area (Å²) >= 11 is 0. The molecule has 1 aromatic heterocycles. The van der Waals surface area contributed by atoms with Crippen LogP contribution >= 0.6 is 0 Å². The lowest BCUT2D eigenvalue weighted by atomic mass is 10.2. The van der Waals surface area contributed by atoms with Gasteiger partial charge in [-0.2, -0.15) is 0 Å². The quantitative estimate of drug-likeness (QED) is 0.339. The van der Waals surface area contributed by atoms with Crippen molar-refractivity contribution in [1.29, 1.82) is 0 Å². The topological polar surface area (TPSA) is 53.5 Å². The molecule has 0 aliphatic carbocycles. The highest BCUT2D eigenvalue weighted by Gasteiger charge is 2.10. The van der Waals surface area contributed by atoms with E-state index < -0.39 is 0 Å². The van der Waals surface area contributed by atoms with Crippen LogP contribution in [0.5, 0.6) is 17.4 Å². The van der Waals surface area contributed by atoms with Crippen molar-refractivity contribution in [3.05, 3.63) is 113 Å². The maximum absolute atomic E-state index is 6.06. The van der Waals surface area contributed by atoms with E-state index in [4.69, 9.17) is 14.2 Å². The summed E-state index contributed by atoms with van der Waals surface area (Å²) in [4.78, 5) is 0. The van der Waals surface area contributed by atoms with E-state index in [1.54, 1.807) is 7.11 Å². The lowest BCUT2D eigenvalue weighted by molar-refractivity contribution is 0.244. The number of benzene rings is 3. The van der Waals surface area contributed by atoms with Gasteiger partial charge in [0.05, 0.1) is 12.8 Å². The summed E-state index contributed by atoms with van der Waals surface area (Å²) in [5.74, 6) is 1.74. The Hall–Kier alpha value is -4.12. The molecule has 0 aliphatic rings. The van der Waals surface area contributed by atoms with E-state index in [-0.39, 0.29) is 0 Å². The first-order chi connectivity index (χ1) is 15.8. The van der Waals surface area contributed by atoms with Gasteiger partial charge in [0.1, 0.15) is 19.0 Å². The molecule has 160 valence electrons. The predicted molar refractivity (Wildman–Crippen MR) is 126 cm³/mol. The van der Waals surface area contributed by atoms with E-state index in [0.29, 0.717) is 30.5 Å². The summed E-state index contributed by atoms with van der Waals surface area (Å²) < 4.78 is 17.2. The fourth-order valence-electron chi connectivity index (χ4n) is 3.02. The molecule has 1 heterocycles. The molecule has 4 rings (SSSR count). The van der Waals surface area contributed by atoms with Crippen LogP contribution in [0.15, 0.2) is 91.0 Å². The molecule has 0 amide bonds. The number of rotatable bonds is 9. The van der Waals surface area contributed by atoms with Crippen molar-refractivity contribution in [1.82, 2.24) is 10.2 Å². The first-order valence-electron chi connectivity index (χ1n) is 10.3. The summed E-state index contributed by atoms with van der Waals surface area (Å²) in [6.07, 6.45) is 3.86. The minimum atomic E-state index is 0.367. The summed E-state index contributed by atoms with van der Waals surface area (Å²) in [7, 11) is 1.65. The van der Waals surface area contributed by atoms with Crippen molar-refractivity contribution in [2.45, 2.75) is 13.2 Å². The van der Waals surface area contributed by atoms with Crippen LogP contribution in [-0.4, -0.2) is 17.3 Å². The van der Waals surface area contributed by atoms with Crippen molar-refractivity contribution in [3.63, 3.8) is 0 Å². The maximum Gasteiger partial charge on any atom is 0.276 e. The van der Waals surface area contributed by atoms with Gasteiger partial charge in [-0.25, -0.2) is 0 Å². The first kappa shape index (κ1) is 21.1. The largest absolute Gasteiger partial charge is 0.497 e. The summed E-state index contributed by atoms with van der Waals surface area (Å²) in [5, 5.41) is 8.57. The summed E-state index contributed by atoms with van der Waals surface area (Å²) in [6, 6.07) is 29.6. The van der Waals surface area contributed by atoms with E-state index in [0.717, 1.165) is 22.4 Å². The lowest BCUT2D eigenvalue weighted by Crippen LogP contribution is -2.04. The number of hydrogen-bond acceptors (Lipinski definition) is 5. The molecular weight excluding hydrogens is 400 g/mol. The molecule has 0 fully saturated rings. The number of ether oxygens (including phenoxy) is 3. The highest BCUT2D eigenvalue weighted by atomic mass is 16.5. The second-order valence-electron chi connectivity index (χ2n) is 7.09. The van der Waals surface area contributed by atoms with Gasteiger partial charge in [-0.15, -0.1) is 10.2 Å². The SMILES string of the molecule is COc1ccc(/C=C/c2cc(OCc3ccccc3)c(OCc3ccccc3)nn2)cc1. The van der Waals surface area contributed by atoms with Gasteiger partial charge in [-0.3, -0.25) is 0 Å². The third kappa shape index (κ3) is 5.95. The fourth-order valence-corrected chi connectivity index (χ4v) is 3.02. The van der Waals surface area contributed by atoms with Gasteiger partial charge >= 0.3 is 0 Å². The third-order valence-electron chi connectivity index (χ3n) is 4.76. The van der Waals surface area contributed by atoms with E-state index in [1.165, 1.54) is 0 Å². The molecular formula is C27H24N2O3. The maximum atomic E-state index is 6.06. The van der Waals surface area contributed by atoms with Gasteiger partial charge in [0.25, 0.3) is 5.88 Å². The average Bonchev–Trinajstić information content (AvgIpc) is 2.87. The molecule has 0 aliphatic heterocycles. The Morgan fingerprint density at radius 1 is 0.688 bits per heavy atom. The van der Waals surface area contributed by atoms with Crippen LogP contribution in [0.4, 0.5) is 0 Å². The zero-order valence-electron chi connectivity index (χ0n) is 17.8. The van der Waals surface area contributed by atoms with Gasteiger partial charge in [0.2, 0.25) is 0 Å². The zero-order valence-corrected chi connectivity index (χ0v) is 17.8. The monoisotopic (exact) mass is 424 g/mol. The number of methoxy groups -OCH3 is 1. The first-order valence-corrected chi connectivity index (χ1v) is 10.3. The molecule has 0 unspecified atom stereocenters. The molecule has 32 heavy (non-hydrogen) atoms. The average molecular weight is 425 g/mol. The van der Waals surface area contributed by atoms with Crippen molar-refractivity contribution in [2.75, 3.05) is 7.11 Å². The molecule has 0 saturated heterocycles. The minimum Gasteiger partial charge on any atom is -0.497 e. The lowest BCUT2D eigenvalue weighted by Gasteiger charge is -2.12. The standard InChI is InChI=1S/C27H24N2O3/c1-30-25-16-13-21(14-17-25)12-15-24-18-26(31-19-22-8-4-2-5-9-22)27(29-28-24)32-20-23-10-6-3-7-11-23/h2-18H,19-20H2,1H3/b15-12+. The molecule has 0 N–H and O–H groups in total. The van der Waals surface area contributed by atoms with Crippen molar-refractivity contribution >= 4 is 12.2 Å². The van der Waals surface area contributed by atoms with Gasteiger partial charge in [-0.1, -0.05) is 78.9 Å². The molecule has 0 radical (unpaired) electrons. The van der Waals surface area contributed by atoms with Crippen LogP contribution in [0, 0.1) is 0 Å². The second kappa shape index (κ2) is 10.8. The van der Waals surface area contributed by atoms with Crippen LogP contribution < -0.4 is 14.2 Å². The van der Waals surface area contributed by atoms with Gasteiger partial charge in [-0.05, 0) is 34.9 Å². The van der Waals surface area contributed by atoms with Crippen LogP contribution in [0.2, 0.25) is 0 Å². The van der Waals surface area contributed by atoms with Gasteiger partial charge in [0.15, 0.2) is 5.75 Å². The Labute approximate surface area is 187 Å². The second-order valence-corrected chi connectivity index (χ2v) is 7.09. The number of aromatic nitrogens is 2. The van der Waals surface area contributed by atoms with Crippen LogP contribution in [0.1, 0.15) is 22.4 Å². The van der Waals surface area contributed by atoms with E-state index in [9.17, 15) is 0 Å². The Balaban J connectivity index is 1.52. The normalized spacial score (nSPS) is 10.8. The van der Waals surface area contributed by atoms with E-state index >= 15 is 0 Å². The third-order valence-corrected chi connectivity index (χ3v) is 4.76. The van der Waals surface area contributed by atoms with E-state index in [2.05, 4.69) is 10.2 Å². The van der Waals surface area contributed by atoms with E-state index in [1.807, 2.05) is 103 Å². The van der Waals surface area contributed by atoms with Gasteiger partial charge in [0, 0.05) is 6.07 Å². The molecule has 0 bridgehead atoms. The minimum absolute atomic E-state index is 0.367. The van der Waals surface area contributed by atoms with Crippen molar-refractivity contribution in [3.8, 4) is 17.4 Å². The van der Waals surface area contributed by atoms with Crippen LogP contribution in [-0.2, 0) is 13.2 Å². The number of hydrogen-bond donors (Lipinski definition) is 0. The number of nitrogens with zero attached hydrogens (tertiary/aromatic N) is 2. The Bertz CT molecular complexity index is 1140. The molecule has 0 atom stereocenters. The highest BCUT2D eigenvalue weighted by Crippen LogP contribution is 2.27. The predicted octanol–water partition coefficient (Wildman–Crippen LogP) is 5.81. The molecule has 5 nitrogen and oxygen atoms in total. The summed E-state index contributed by atoms with van der Waals surface area (Å²) in [6.45, 7) is 0.800. The molecule has 0 saturated carbocycles. The molecule has 3 aromatic carbocycles.